The number of fused-ring (bicyclic) bond motifs is 1. The summed E-state index contributed by atoms with van der Waals surface area (Å²) in [4.78, 5) is 29.2. The monoisotopic (exact) mass is 587 g/mol. The second-order valence-electron chi connectivity index (χ2n) is 8.75. The van der Waals surface area contributed by atoms with E-state index in [-0.39, 0.29) is 53.6 Å². The highest BCUT2D eigenvalue weighted by Crippen LogP contribution is 2.34. The number of anilines is 3. The Hall–Kier alpha value is -3.71. The van der Waals surface area contributed by atoms with Gasteiger partial charge >= 0.3 is 12.1 Å². The fraction of sp³-hybridized carbons (Fsp3) is 0.292. The van der Waals surface area contributed by atoms with E-state index in [0.717, 1.165) is 12.4 Å². The van der Waals surface area contributed by atoms with Crippen molar-refractivity contribution >= 4 is 59.3 Å². The van der Waals surface area contributed by atoms with Gasteiger partial charge in [0, 0.05) is 43.4 Å². The highest BCUT2D eigenvalue weighted by Gasteiger charge is 2.32. The molecule has 1 saturated heterocycles. The van der Waals surface area contributed by atoms with E-state index in [9.17, 15) is 23.1 Å². The number of carboxylic acids is 1. The molecule has 1 fully saturated rings. The molecule has 39 heavy (non-hydrogen) atoms. The fourth-order valence-corrected chi connectivity index (χ4v) is 4.45. The molecule has 4 aromatic rings. The number of alkyl halides is 3. The van der Waals surface area contributed by atoms with Crippen LogP contribution >= 0.6 is 24.8 Å². The van der Waals surface area contributed by atoms with Gasteiger partial charge in [0.25, 0.3) is 0 Å². The molecule has 2 N–H and O–H groups in total. The van der Waals surface area contributed by atoms with Crippen molar-refractivity contribution in [2.24, 2.45) is 0 Å². The van der Waals surface area contributed by atoms with E-state index in [1.165, 1.54) is 24.7 Å². The molecule has 0 spiro atoms. The number of benzene rings is 1. The van der Waals surface area contributed by atoms with Gasteiger partial charge < -0.3 is 19.9 Å². The van der Waals surface area contributed by atoms with Crippen LogP contribution in [0.2, 0.25) is 0 Å². The standard InChI is InChI=1S/C24H21F4N7O2.2ClH/c1-13-8-14(22(36)37)2-3-18(13)33-20-19-17(25)11-35(21(19)32-12-31-20)16-4-6-34(7-5-16)23-29-9-15(10-30-23)24(26,27)28;;/h2-3,8-12,16H,4-7H2,1H3,(H,36,37)(H,31,32,33);2*1H. The third kappa shape index (κ3) is 5.98. The summed E-state index contributed by atoms with van der Waals surface area (Å²) in [6.07, 6.45) is 0.900. The fourth-order valence-electron chi connectivity index (χ4n) is 4.45. The second-order valence-corrected chi connectivity index (χ2v) is 8.75. The van der Waals surface area contributed by atoms with E-state index < -0.39 is 23.5 Å². The summed E-state index contributed by atoms with van der Waals surface area (Å²) in [5.41, 5.74) is 0.879. The second kappa shape index (κ2) is 11.6. The van der Waals surface area contributed by atoms with Crippen molar-refractivity contribution in [2.45, 2.75) is 32.0 Å². The summed E-state index contributed by atoms with van der Waals surface area (Å²) in [5.74, 6) is -1.08. The van der Waals surface area contributed by atoms with Gasteiger partial charge in [-0.25, -0.2) is 29.1 Å². The predicted octanol–water partition coefficient (Wildman–Crippen LogP) is 5.81. The Labute approximate surface area is 232 Å². The molecule has 0 unspecified atom stereocenters. The van der Waals surface area contributed by atoms with E-state index in [2.05, 4.69) is 25.3 Å². The summed E-state index contributed by atoms with van der Waals surface area (Å²) in [6, 6.07) is 4.46. The molecule has 9 nitrogen and oxygen atoms in total. The molecule has 1 aliphatic heterocycles. The maximum Gasteiger partial charge on any atom is 0.419 e. The number of nitrogens with one attached hydrogen (secondary N) is 1. The normalized spacial score (nSPS) is 14.0. The number of hydrogen-bond acceptors (Lipinski definition) is 7. The molecule has 4 heterocycles. The minimum absolute atomic E-state index is 0. The Morgan fingerprint density at radius 2 is 1.74 bits per heavy atom. The maximum absolute atomic E-state index is 15.1. The molecule has 208 valence electrons. The number of aryl methyl sites for hydroxylation is 1. The number of carboxylic acid groups (broad SMARTS) is 1. The largest absolute Gasteiger partial charge is 0.478 e. The summed E-state index contributed by atoms with van der Waals surface area (Å²) in [6.45, 7) is 2.69. The van der Waals surface area contributed by atoms with Crippen molar-refractivity contribution in [1.29, 1.82) is 0 Å². The van der Waals surface area contributed by atoms with Gasteiger partial charge in [-0.1, -0.05) is 0 Å². The Morgan fingerprint density at radius 1 is 1.08 bits per heavy atom. The van der Waals surface area contributed by atoms with Crippen LogP contribution in [0, 0.1) is 12.7 Å². The minimum atomic E-state index is -4.50. The van der Waals surface area contributed by atoms with Crippen LogP contribution in [0.4, 0.5) is 35.0 Å². The lowest BCUT2D eigenvalue weighted by molar-refractivity contribution is -0.138. The van der Waals surface area contributed by atoms with Crippen molar-refractivity contribution in [3.05, 3.63) is 65.6 Å². The lowest BCUT2D eigenvalue weighted by atomic mass is 10.1. The molecule has 0 bridgehead atoms. The Bertz CT molecular complexity index is 1470. The highest BCUT2D eigenvalue weighted by molar-refractivity contribution is 5.92. The SMILES string of the molecule is Cc1cc(C(=O)O)ccc1Nc1ncnc2c1c(F)cn2C1CCN(c2ncc(C(F)(F)F)cn2)CC1.Cl.Cl. The molecular weight excluding hydrogens is 565 g/mol. The third-order valence-corrected chi connectivity index (χ3v) is 6.40. The molecule has 0 amide bonds. The number of halogens is 6. The van der Waals surface area contributed by atoms with Crippen LogP contribution in [0.3, 0.4) is 0 Å². The van der Waals surface area contributed by atoms with Crippen LogP contribution in [0.25, 0.3) is 11.0 Å². The van der Waals surface area contributed by atoms with Gasteiger partial charge in [0.2, 0.25) is 5.95 Å². The highest BCUT2D eigenvalue weighted by atomic mass is 35.5. The van der Waals surface area contributed by atoms with Gasteiger partial charge in [-0.15, -0.1) is 24.8 Å². The Morgan fingerprint density at radius 3 is 2.33 bits per heavy atom. The van der Waals surface area contributed by atoms with Gasteiger partial charge in [-0.3, -0.25) is 0 Å². The lowest BCUT2D eigenvalue weighted by Crippen LogP contribution is -2.35. The van der Waals surface area contributed by atoms with Crippen LogP contribution in [0.1, 0.15) is 40.4 Å². The van der Waals surface area contributed by atoms with Crippen LogP contribution in [0.15, 0.2) is 43.1 Å². The van der Waals surface area contributed by atoms with E-state index in [1.54, 1.807) is 22.5 Å². The number of nitrogens with zero attached hydrogens (tertiary/aromatic N) is 6. The average molecular weight is 588 g/mol. The summed E-state index contributed by atoms with van der Waals surface area (Å²) < 4.78 is 55.2. The third-order valence-electron chi connectivity index (χ3n) is 6.40. The van der Waals surface area contributed by atoms with E-state index in [0.29, 0.717) is 42.8 Å². The maximum atomic E-state index is 15.1. The van der Waals surface area contributed by atoms with Gasteiger partial charge in [0.15, 0.2) is 5.82 Å². The first kappa shape index (κ1) is 29.8. The summed E-state index contributed by atoms with van der Waals surface area (Å²) in [7, 11) is 0. The van der Waals surface area contributed by atoms with Gasteiger partial charge in [-0.2, -0.15) is 13.2 Å². The van der Waals surface area contributed by atoms with Gasteiger partial charge in [0.1, 0.15) is 17.8 Å². The topological polar surface area (TPSA) is 109 Å². The molecule has 5 rings (SSSR count). The van der Waals surface area contributed by atoms with E-state index >= 15 is 4.39 Å². The first-order chi connectivity index (χ1) is 17.6. The van der Waals surface area contributed by atoms with Crippen LogP contribution < -0.4 is 10.2 Å². The average Bonchev–Trinajstić information content (AvgIpc) is 3.22. The van der Waals surface area contributed by atoms with Crippen molar-refractivity contribution in [3.63, 3.8) is 0 Å². The molecule has 1 aliphatic rings. The van der Waals surface area contributed by atoms with Crippen molar-refractivity contribution in [3.8, 4) is 0 Å². The zero-order valence-corrected chi connectivity index (χ0v) is 21.9. The molecule has 0 aliphatic carbocycles. The van der Waals surface area contributed by atoms with Crippen LogP contribution in [-0.2, 0) is 6.18 Å². The molecule has 1 aromatic carbocycles. The molecule has 15 heteroatoms. The first-order valence-corrected chi connectivity index (χ1v) is 11.4. The molecule has 0 atom stereocenters. The molecule has 3 aromatic heterocycles. The van der Waals surface area contributed by atoms with Gasteiger partial charge in [-0.05, 0) is 43.5 Å². The van der Waals surface area contributed by atoms with Gasteiger partial charge in [0.05, 0.1) is 16.5 Å². The van der Waals surface area contributed by atoms with Crippen LogP contribution in [0.5, 0.6) is 0 Å². The van der Waals surface area contributed by atoms with Crippen molar-refractivity contribution in [2.75, 3.05) is 23.3 Å². The lowest BCUT2D eigenvalue weighted by Gasteiger charge is -2.32. The number of aromatic nitrogens is 5. The number of rotatable bonds is 5. The number of carbonyl (C=O) groups is 1. The minimum Gasteiger partial charge on any atom is -0.478 e. The molecule has 0 saturated carbocycles. The smallest absolute Gasteiger partial charge is 0.419 e. The molecule has 0 radical (unpaired) electrons. The first-order valence-electron chi connectivity index (χ1n) is 11.4. The summed E-state index contributed by atoms with van der Waals surface area (Å²) >= 11 is 0. The number of hydrogen-bond donors (Lipinski definition) is 2. The molecular formula is C24H23Cl2F4N7O2. The zero-order chi connectivity index (χ0) is 26.3. The zero-order valence-electron chi connectivity index (χ0n) is 20.3. The predicted molar refractivity (Wildman–Crippen MR) is 141 cm³/mol. The number of piperidine rings is 1. The van der Waals surface area contributed by atoms with Crippen molar-refractivity contribution in [1.82, 2.24) is 24.5 Å². The van der Waals surface area contributed by atoms with Crippen LogP contribution in [-0.4, -0.2) is 48.7 Å². The van der Waals surface area contributed by atoms with Crippen molar-refractivity contribution < 1.29 is 27.5 Å². The Kier molecular flexibility index (Phi) is 8.86. The Balaban J connectivity index is 0.00000210. The quantitative estimate of drug-likeness (QED) is 0.281. The van der Waals surface area contributed by atoms with E-state index in [1.807, 2.05) is 0 Å². The number of aromatic carboxylic acids is 1. The van der Waals surface area contributed by atoms with E-state index in [4.69, 9.17) is 0 Å². The summed E-state index contributed by atoms with van der Waals surface area (Å²) in [5, 5.41) is 12.5.